The Hall–Kier alpha value is -1.58. The summed E-state index contributed by atoms with van der Waals surface area (Å²) in [7, 11) is 0. The van der Waals surface area contributed by atoms with Crippen molar-refractivity contribution in [2.45, 2.75) is 32.6 Å². The smallest absolute Gasteiger partial charge is 0.254 e. The minimum absolute atomic E-state index is 0.113. The van der Waals surface area contributed by atoms with Gasteiger partial charge in [0.05, 0.1) is 5.56 Å². The third-order valence-corrected chi connectivity index (χ3v) is 3.46. The number of amides is 1. The molecule has 2 rings (SSSR count). The lowest BCUT2D eigenvalue weighted by atomic mass is 10.0. The second-order valence-electron chi connectivity index (χ2n) is 4.90. The highest BCUT2D eigenvalue weighted by atomic mass is 16.1. The zero-order chi connectivity index (χ0) is 12.3. The van der Waals surface area contributed by atoms with Crippen LogP contribution in [0.15, 0.2) is 18.5 Å². The normalized spacial score (nSPS) is 16.5. The van der Waals surface area contributed by atoms with Gasteiger partial charge < -0.3 is 11.1 Å². The lowest BCUT2D eigenvalue weighted by Crippen LogP contribution is -2.30. The molecule has 0 bridgehead atoms. The number of nitrogens with zero attached hydrogens (tertiary/aromatic N) is 1. The van der Waals surface area contributed by atoms with Crippen molar-refractivity contribution in [2.75, 3.05) is 12.3 Å². The molecule has 0 aliphatic heterocycles. The average molecular weight is 233 g/mol. The molecule has 0 saturated heterocycles. The van der Waals surface area contributed by atoms with E-state index in [0.29, 0.717) is 16.7 Å². The van der Waals surface area contributed by atoms with Crippen LogP contribution in [0, 0.1) is 5.41 Å². The van der Waals surface area contributed by atoms with Crippen molar-refractivity contribution in [2.24, 2.45) is 5.41 Å². The van der Waals surface area contributed by atoms with Crippen LogP contribution in [-0.2, 0) is 0 Å². The summed E-state index contributed by atoms with van der Waals surface area (Å²) in [5.74, 6) is -0.113. The minimum atomic E-state index is -0.113. The zero-order valence-electron chi connectivity index (χ0n) is 10.2. The van der Waals surface area contributed by atoms with Crippen LogP contribution in [0.3, 0.4) is 0 Å². The summed E-state index contributed by atoms with van der Waals surface area (Å²) in [6.45, 7) is 2.94. The van der Waals surface area contributed by atoms with Gasteiger partial charge in [0, 0.05) is 24.6 Å². The Labute approximate surface area is 102 Å². The summed E-state index contributed by atoms with van der Waals surface area (Å²) in [6, 6.07) is 1.65. The van der Waals surface area contributed by atoms with Gasteiger partial charge in [0.25, 0.3) is 5.91 Å². The van der Waals surface area contributed by atoms with Crippen molar-refractivity contribution in [1.82, 2.24) is 10.3 Å². The molecule has 1 aromatic rings. The van der Waals surface area contributed by atoms with Gasteiger partial charge in [-0.2, -0.15) is 0 Å². The quantitative estimate of drug-likeness (QED) is 0.817. The van der Waals surface area contributed by atoms with Gasteiger partial charge in [-0.05, 0) is 30.7 Å². The van der Waals surface area contributed by atoms with E-state index in [1.165, 1.54) is 31.9 Å². The van der Waals surface area contributed by atoms with E-state index in [-0.39, 0.29) is 5.91 Å². The number of nitrogen functional groups attached to an aromatic ring is 1. The van der Waals surface area contributed by atoms with Crippen LogP contribution in [0.25, 0.3) is 0 Å². The summed E-state index contributed by atoms with van der Waals surface area (Å²) < 4.78 is 0. The Bertz CT molecular complexity index is 413. The number of aromatic nitrogens is 1. The molecule has 0 spiro atoms. The van der Waals surface area contributed by atoms with Crippen molar-refractivity contribution >= 4 is 11.6 Å². The number of nitrogens with two attached hydrogens (primary N) is 1. The lowest BCUT2D eigenvalue weighted by molar-refractivity contribution is 0.0944. The zero-order valence-corrected chi connectivity index (χ0v) is 10.2. The maximum absolute atomic E-state index is 11.9. The molecule has 1 saturated carbocycles. The van der Waals surface area contributed by atoms with Crippen molar-refractivity contribution in [1.29, 1.82) is 0 Å². The number of hydrogen-bond donors (Lipinski definition) is 2. The van der Waals surface area contributed by atoms with Crippen LogP contribution in [0.2, 0.25) is 0 Å². The molecule has 0 unspecified atom stereocenters. The van der Waals surface area contributed by atoms with E-state index >= 15 is 0 Å². The summed E-state index contributed by atoms with van der Waals surface area (Å²) >= 11 is 0. The van der Waals surface area contributed by atoms with Gasteiger partial charge >= 0.3 is 0 Å². The van der Waals surface area contributed by atoms with E-state index in [2.05, 4.69) is 17.2 Å². The predicted molar refractivity (Wildman–Crippen MR) is 67.6 cm³/mol. The summed E-state index contributed by atoms with van der Waals surface area (Å²) in [5, 5.41) is 2.97. The summed E-state index contributed by atoms with van der Waals surface area (Å²) in [4.78, 5) is 15.8. The summed E-state index contributed by atoms with van der Waals surface area (Å²) in [6.07, 6.45) is 7.92. The molecule has 1 fully saturated rings. The second-order valence-corrected chi connectivity index (χ2v) is 4.90. The van der Waals surface area contributed by atoms with E-state index < -0.39 is 0 Å². The first-order valence-corrected chi connectivity index (χ1v) is 6.14. The van der Waals surface area contributed by atoms with Crippen molar-refractivity contribution < 1.29 is 4.79 Å². The number of carbonyl (C=O) groups excluding carboxylic acids is 1. The molecule has 0 atom stereocenters. The van der Waals surface area contributed by atoms with Crippen molar-refractivity contribution in [3.63, 3.8) is 0 Å². The van der Waals surface area contributed by atoms with Gasteiger partial charge in [0.2, 0.25) is 0 Å². The van der Waals surface area contributed by atoms with Crippen molar-refractivity contribution in [3.8, 4) is 0 Å². The van der Waals surface area contributed by atoms with Gasteiger partial charge in [0.15, 0.2) is 0 Å². The monoisotopic (exact) mass is 233 g/mol. The fourth-order valence-corrected chi connectivity index (χ4v) is 2.18. The molecular weight excluding hydrogens is 214 g/mol. The Morgan fingerprint density at radius 2 is 2.35 bits per heavy atom. The molecule has 1 aromatic heterocycles. The number of pyridine rings is 1. The van der Waals surface area contributed by atoms with Crippen LogP contribution in [0.5, 0.6) is 0 Å². The molecule has 0 radical (unpaired) electrons. The van der Waals surface area contributed by atoms with E-state index in [4.69, 9.17) is 5.73 Å². The molecule has 1 aliphatic rings. The standard InChI is InChI=1S/C13H19N3O/c1-2-4-13(5-6-13)9-16-12(17)10-8-15-7-3-11(10)14/h3,7-8H,2,4-6,9H2,1H3,(H2,14,15)(H,16,17). The van der Waals surface area contributed by atoms with Gasteiger partial charge in [0.1, 0.15) is 0 Å². The molecule has 92 valence electrons. The number of nitrogens with one attached hydrogen (secondary N) is 1. The van der Waals surface area contributed by atoms with E-state index in [0.717, 1.165) is 6.54 Å². The van der Waals surface area contributed by atoms with E-state index in [1.807, 2.05) is 0 Å². The number of rotatable bonds is 5. The molecular formula is C13H19N3O. The Balaban J connectivity index is 1.92. The highest BCUT2D eigenvalue weighted by Gasteiger charge is 2.41. The molecule has 4 nitrogen and oxygen atoms in total. The highest BCUT2D eigenvalue weighted by molar-refractivity contribution is 5.98. The van der Waals surface area contributed by atoms with Crippen molar-refractivity contribution in [3.05, 3.63) is 24.0 Å². The highest BCUT2D eigenvalue weighted by Crippen LogP contribution is 2.48. The minimum Gasteiger partial charge on any atom is -0.398 e. The van der Waals surface area contributed by atoms with E-state index in [9.17, 15) is 4.79 Å². The average Bonchev–Trinajstić information content (AvgIpc) is 3.08. The topological polar surface area (TPSA) is 68.0 Å². The fraction of sp³-hybridized carbons (Fsp3) is 0.538. The molecule has 4 heteroatoms. The Kier molecular flexibility index (Phi) is 3.31. The number of carbonyl (C=O) groups is 1. The van der Waals surface area contributed by atoms with Gasteiger partial charge in [-0.1, -0.05) is 13.3 Å². The van der Waals surface area contributed by atoms with Crippen LogP contribution in [0.1, 0.15) is 43.0 Å². The first-order valence-electron chi connectivity index (χ1n) is 6.14. The SMILES string of the molecule is CCCC1(CNC(=O)c2cnccc2N)CC1. The van der Waals surface area contributed by atoms with Gasteiger partial charge in [-0.25, -0.2) is 0 Å². The second kappa shape index (κ2) is 4.73. The van der Waals surface area contributed by atoms with Crippen LogP contribution < -0.4 is 11.1 Å². The lowest BCUT2D eigenvalue weighted by Gasteiger charge is -2.15. The molecule has 0 aromatic carbocycles. The Morgan fingerprint density at radius 3 is 2.94 bits per heavy atom. The maximum Gasteiger partial charge on any atom is 0.254 e. The summed E-state index contributed by atoms with van der Waals surface area (Å²) in [5.41, 5.74) is 7.05. The number of anilines is 1. The first kappa shape index (κ1) is 11.9. The molecule has 17 heavy (non-hydrogen) atoms. The predicted octanol–water partition coefficient (Wildman–Crippen LogP) is 1.97. The number of hydrogen-bond acceptors (Lipinski definition) is 3. The first-order chi connectivity index (χ1) is 8.17. The fourth-order valence-electron chi connectivity index (χ4n) is 2.18. The third kappa shape index (κ3) is 2.75. The van der Waals surface area contributed by atoms with Crippen LogP contribution in [-0.4, -0.2) is 17.4 Å². The molecule has 3 N–H and O–H groups in total. The van der Waals surface area contributed by atoms with Gasteiger partial charge in [-0.3, -0.25) is 9.78 Å². The largest absolute Gasteiger partial charge is 0.398 e. The maximum atomic E-state index is 11.9. The Morgan fingerprint density at radius 1 is 1.59 bits per heavy atom. The van der Waals surface area contributed by atoms with Crippen LogP contribution in [0.4, 0.5) is 5.69 Å². The van der Waals surface area contributed by atoms with Crippen LogP contribution >= 0.6 is 0 Å². The van der Waals surface area contributed by atoms with Gasteiger partial charge in [-0.15, -0.1) is 0 Å². The molecule has 1 amide bonds. The molecule has 1 aliphatic carbocycles. The molecule has 1 heterocycles. The van der Waals surface area contributed by atoms with E-state index in [1.54, 1.807) is 12.3 Å². The third-order valence-electron chi connectivity index (χ3n) is 3.46.